The van der Waals surface area contributed by atoms with Crippen LogP contribution in [0.1, 0.15) is 0 Å². The van der Waals surface area contributed by atoms with E-state index in [4.69, 9.17) is 15.0 Å². The molecule has 0 saturated carbocycles. The van der Waals surface area contributed by atoms with Gasteiger partial charge in [-0.3, -0.25) is 0 Å². The van der Waals surface area contributed by atoms with E-state index < -0.39 is 0 Å². The molecule has 3 nitrogen and oxygen atoms in total. The summed E-state index contributed by atoms with van der Waals surface area (Å²) in [6, 6.07) is 44.7. The molecular formula is C35H21N3Se. The molecule has 0 bridgehead atoms. The SMILES string of the molecule is c1ccc(-c2nc(-c3ccccc3)nc(-c3cccc4c3[se]c3c4ccc4ccc5ccccc5c43)n2)cc1. The van der Waals surface area contributed by atoms with Crippen molar-refractivity contribution in [1.82, 2.24) is 15.0 Å². The van der Waals surface area contributed by atoms with Crippen LogP contribution in [0.3, 0.4) is 0 Å². The third kappa shape index (κ3) is 3.69. The quantitative estimate of drug-likeness (QED) is 0.160. The van der Waals surface area contributed by atoms with Crippen LogP contribution in [0.25, 0.3) is 75.0 Å². The number of aromatic nitrogens is 3. The summed E-state index contributed by atoms with van der Waals surface area (Å²) in [5.41, 5.74) is 3.06. The van der Waals surface area contributed by atoms with E-state index in [1.807, 2.05) is 36.4 Å². The van der Waals surface area contributed by atoms with Crippen molar-refractivity contribution in [3.05, 3.63) is 127 Å². The van der Waals surface area contributed by atoms with Crippen molar-refractivity contribution in [2.45, 2.75) is 0 Å². The molecular weight excluding hydrogens is 541 g/mol. The van der Waals surface area contributed by atoms with Crippen molar-refractivity contribution >= 4 is 55.3 Å². The van der Waals surface area contributed by atoms with Crippen molar-refractivity contribution in [3.63, 3.8) is 0 Å². The van der Waals surface area contributed by atoms with Crippen LogP contribution in [-0.2, 0) is 0 Å². The summed E-state index contributed by atoms with van der Waals surface area (Å²) in [6.45, 7) is 0. The molecule has 0 atom stereocenters. The number of nitrogens with zero attached hydrogens (tertiary/aromatic N) is 3. The fourth-order valence-electron chi connectivity index (χ4n) is 5.45. The minimum atomic E-state index is 0.108. The second-order valence-electron chi connectivity index (χ2n) is 9.65. The molecule has 2 heterocycles. The predicted octanol–water partition coefficient (Wildman–Crippen LogP) is 8.54. The third-order valence-electron chi connectivity index (χ3n) is 7.31. The molecule has 6 aromatic carbocycles. The van der Waals surface area contributed by atoms with Gasteiger partial charge in [0.2, 0.25) is 0 Å². The molecule has 0 fully saturated rings. The maximum absolute atomic E-state index is 5.04. The van der Waals surface area contributed by atoms with Gasteiger partial charge in [-0.1, -0.05) is 0 Å². The van der Waals surface area contributed by atoms with E-state index in [0.29, 0.717) is 11.6 Å². The summed E-state index contributed by atoms with van der Waals surface area (Å²) in [6.07, 6.45) is 0. The molecule has 8 rings (SSSR count). The van der Waals surface area contributed by atoms with Crippen molar-refractivity contribution in [2.24, 2.45) is 0 Å². The fraction of sp³-hybridized carbons (Fsp3) is 0. The Labute approximate surface area is 231 Å². The molecule has 0 aliphatic heterocycles. The molecule has 0 saturated heterocycles. The zero-order chi connectivity index (χ0) is 25.8. The second-order valence-corrected chi connectivity index (χ2v) is 11.8. The summed E-state index contributed by atoms with van der Waals surface area (Å²) in [5, 5.41) is 7.89. The average Bonchev–Trinajstić information content (AvgIpc) is 3.40. The zero-order valence-electron chi connectivity index (χ0n) is 20.9. The fourth-order valence-corrected chi connectivity index (χ4v) is 8.34. The van der Waals surface area contributed by atoms with E-state index in [-0.39, 0.29) is 14.5 Å². The second kappa shape index (κ2) is 8.99. The number of hydrogen-bond acceptors (Lipinski definition) is 3. The van der Waals surface area contributed by atoms with Crippen molar-refractivity contribution in [3.8, 4) is 34.2 Å². The maximum atomic E-state index is 5.04. The van der Waals surface area contributed by atoms with Gasteiger partial charge >= 0.3 is 232 Å². The molecule has 0 spiro atoms. The van der Waals surface area contributed by atoms with E-state index >= 15 is 0 Å². The Balaban J connectivity index is 1.43. The topological polar surface area (TPSA) is 38.7 Å². The molecule has 0 amide bonds. The predicted molar refractivity (Wildman–Crippen MR) is 163 cm³/mol. The summed E-state index contributed by atoms with van der Waals surface area (Å²) >= 11 is 0.108. The molecule has 0 radical (unpaired) electrons. The Morgan fingerprint density at radius 2 is 0.949 bits per heavy atom. The van der Waals surface area contributed by atoms with Gasteiger partial charge in [0.15, 0.2) is 0 Å². The first-order valence-electron chi connectivity index (χ1n) is 13.0. The molecule has 182 valence electrons. The van der Waals surface area contributed by atoms with Crippen LogP contribution < -0.4 is 0 Å². The van der Waals surface area contributed by atoms with Crippen molar-refractivity contribution < 1.29 is 0 Å². The normalized spacial score (nSPS) is 11.6. The van der Waals surface area contributed by atoms with Crippen molar-refractivity contribution in [1.29, 1.82) is 0 Å². The molecule has 2 aromatic heterocycles. The van der Waals surface area contributed by atoms with E-state index in [2.05, 4.69) is 91.0 Å². The van der Waals surface area contributed by atoms with Gasteiger partial charge in [-0.15, -0.1) is 0 Å². The van der Waals surface area contributed by atoms with Crippen LogP contribution in [0.4, 0.5) is 0 Å². The number of fused-ring (bicyclic) bond motifs is 7. The average molecular weight is 563 g/mol. The number of rotatable bonds is 3. The van der Waals surface area contributed by atoms with Crippen molar-refractivity contribution in [2.75, 3.05) is 0 Å². The Hall–Kier alpha value is -4.63. The van der Waals surface area contributed by atoms with Gasteiger partial charge in [0.1, 0.15) is 0 Å². The summed E-state index contributed by atoms with van der Waals surface area (Å²) < 4.78 is 2.78. The van der Waals surface area contributed by atoms with Gasteiger partial charge in [-0.05, 0) is 0 Å². The summed E-state index contributed by atoms with van der Waals surface area (Å²) in [5.74, 6) is 2.11. The van der Waals surface area contributed by atoms with E-state index in [1.54, 1.807) is 0 Å². The van der Waals surface area contributed by atoms with Gasteiger partial charge in [0, 0.05) is 0 Å². The first-order valence-corrected chi connectivity index (χ1v) is 14.7. The first-order chi connectivity index (χ1) is 19.3. The first kappa shape index (κ1) is 22.4. The molecule has 39 heavy (non-hydrogen) atoms. The van der Waals surface area contributed by atoms with Crippen LogP contribution in [-0.4, -0.2) is 29.5 Å². The molecule has 0 N–H and O–H groups in total. The monoisotopic (exact) mass is 563 g/mol. The zero-order valence-corrected chi connectivity index (χ0v) is 22.6. The Bertz CT molecular complexity index is 2110. The van der Waals surface area contributed by atoms with E-state index in [1.165, 1.54) is 40.8 Å². The summed E-state index contributed by atoms with van der Waals surface area (Å²) in [4.78, 5) is 15.0. The molecule has 8 aromatic rings. The summed E-state index contributed by atoms with van der Waals surface area (Å²) in [7, 11) is 0. The molecule has 0 unspecified atom stereocenters. The Morgan fingerprint density at radius 1 is 0.385 bits per heavy atom. The molecule has 0 aliphatic carbocycles. The van der Waals surface area contributed by atoms with Gasteiger partial charge in [0.25, 0.3) is 0 Å². The van der Waals surface area contributed by atoms with Crippen LogP contribution in [0.2, 0.25) is 0 Å². The van der Waals surface area contributed by atoms with Crippen LogP contribution in [0.5, 0.6) is 0 Å². The Morgan fingerprint density at radius 3 is 1.69 bits per heavy atom. The van der Waals surface area contributed by atoms with E-state index in [9.17, 15) is 0 Å². The van der Waals surface area contributed by atoms with Crippen LogP contribution >= 0.6 is 0 Å². The minimum absolute atomic E-state index is 0.108. The molecule has 0 aliphatic rings. The van der Waals surface area contributed by atoms with Gasteiger partial charge in [0.05, 0.1) is 0 Å². The Kier molecular flexibility index (Phi) is 5.15. The van der Waals surface area contributed by atoms with Gasteiger partial charge in [-0.2, -0.15) is 0 Å². The van der Waals surface area contributed by atoms with Crippen LogP contribution in [0, 0.1) is 0 Å². The molecule has 4 heteroatoms. The number of hydrogen-bond donors (Lipinski definition) is 0. The standard InChI is InChI=1S/C35H21N3Se/c1-3-11-24(12-4-1)33-36-34(25-13-5-2-6-14-25)38-35(37-33)29-17-9-16-27-28-21-20-23-19-18-22-10-7-8-15-26(22)30(23)32(28)39-31(27)29/h1-21H. The van der Waals surface area contributed by atoms with E-state index in [0.717, 1.165) is 22.5 Å². The van der Waals surface area contributed by atoms with Crippen LogP contribution in [0.15, 0.2) is 127 Å². The van der Waals surface area contributed by atoms with Gasteiger partial charge < -0.3 is 0 Å². The third-order valence-corrected chi connectivity index (χ3v) is 9.98. The van der Waals surface area contributed by atoms with Gasteiger partial charge in [-0.25, -0.2) is 0 Å². The number of benzene rings is 6.